The van der Waals surface area contributed by atoms with Gasteiger partial charge in [0.25, 0.3) is 5.91 Å². The van der Waals surface area contributed by atoms with E-state index in [1.165, 1.54) is 0 Å². The summed E-state index contributed by atoms with van der Waals surface area (Å²) in [6, 6.07) is 7.55. The fourth-order valence-electron chi connectivity index (χ4n) is 3.05. The first-order chi connectivity index (χ1) is 13.0. The summed E-state index contributed by atoms with van der Waals surface area (Å²) in [7, 11) is 0. The quantitative estimate of drug-likeness (QED) is 0.246. The third kappa shape index (κ3) is 8.32. The van der Waals surface area contributed by atoms with Crippen molar-refractivity contribution in [1.82, 2.24) is 10.2 Å². The van der Waals surface area contributed by atoms with Crippen LogP contribution >= 0.6 is 24.0 Å². The van der Waals surface area contributed by atoms with E-state index in [1.54, 1.807) is 0 Å². The second kappa shape index (κ2) is 12.9. The van der Waals surface area contributed by atoms with Crippen molar-refractivity contribution in [3.8, 4) is 0 Å². The fraction of sp³-hybridized carbons (Fsp3) is 0.600. The van der Waals surface area contributed by atoms with E-state index in [2.05, 4.69) is 10.3 Å². The Balaban J connectivity index is 0.00000392. The largest absolute Gasteiger partial charge is 0.382 e. The molecule has 0 spiro atoms. The molecule has 3 N–H and O–H groups in total. The Bertz CT molecular complexity index is 614. The third-order valence-electron chi connectivity index (χ3n) is 4.32. The van der Waals surface area contributed by atoms with E-state index in [0.29, 0.717) is 37.8 Å². The van der Waals surface area contributed by atoms with Crippen LogP contribution in [-0.2, 0) is 16.0 Å². The Kier molecular flexibility index (Phi) is 11.4. The molecule has 1 amide bonds. The number of nitrogens with two attached hydrogens (primary N) is 1. The van der Waals surface area contributed by atoms with E-state index in [0.717, 1.165) is 25.1 Å². The maximum atomic E-state index is 12.7. The molecule has 0 bridgehead atoms. The van der Waals surface area contributed by atoms with Crippen LogP contribution in [-0.4, -0.2) is 61.8 Å². The summed E-state index contributed by atoms with van der Waals surface area (Å²) in [5.41, 5.74) is 7.56. The topological polar surface area (TPSA) is 89.2 Å². The van der Waals surface area contributed by atoms with Crippen molar-refractivity contribution < 1.29 is 14.3 Å². The minimum Gasteiger partial charge on any atom is -0.382 e. The van der Waals surface area contributed by atoms with Gasteiger partial charge in [-0.3, -0.25) is 4.79 Å². The highest BCUT2D eigenvalue weighted by Crippen LogP contribution is 2.15. The van der Waals surface area contributed by atoms with Crippen molar-refractivity contribution in [2.45, 2.75) is 45.9 Å². The molecule has 2 unspecified atom stereocenters. The van der Waals surface area contributed by atoms with E-state index in [1.807, 2.05) is 49.9 Å². The molecule has 0 radical (unpaired) electrons. The normalized spacial score (nSPS) is 19.8. The molecule has 28 heavy (non-hydrogen) atoms. The van der Waals surface area contributed by atoms with Gasteiger partial charge in [-0.15, -0.1) is 24.0 Å². The number of ether oxygens (including phenoxy) is 2. The molecule has 1 saturated heterocycles. The molecule has 1 aromatic rings. The summed E-state index contributed by atoms with van der Waals surface area (Å²) < 4.78 is 11.0. The van der Waals surface area contributed by atoms with Crippen molar-refractivity contribution in [3.05, 3.63) is 35.4 Å². The summed E-state index contributed by atoms with van der Waals surface area (Å²) in [6.45, 7) is 9.87. The van der Waals surface area contributed by atoms with Crippen LogP contribution in [0.2, 0.25) is 0 Å². The van der Waals surface area contributed by atoms with Gasteiger partial charge in [0.1, 0.15) is 0 Å². The van der Waals surface area contributed by atoms with Crippen LogP contribution in [0.1, 0.15) is 43.1 Å². The Morgan fingerprint density at radius 1 is 1.29 bits per heavy atom. The van der Waals surface area contributed by atoms with Crippen LogP contribution in [0.25, 0.3) is 0 Å². The van der Waals surface area contributed by atoms with Crippen molar-refractivity contribution in [2.24, 2.45) is 10.7 Å². The predicted octanol–water partition coefficient (Wildman–Crippen LogP) is 2.38. The Labute approximate surface area is 185 Å². The van der Waals surface area contributed by atoms with Crippen LogP contribution in [0.15, 0.2) is 29.3 Å². The molecule has 8 heteroatoms. The number of benzene rings is 1. The predicted molar refractivity (Wildman–Crippen MR) is 122 cm³/mol. The first-order valence-electron chi connectivity index (χ1n) is 9.64. The monoisotopic (exact) mass is 504 g/mol. The summed E-state index contributed by atoms with van der Waals surface area (Å²) in [6.07, 6.45) is 1.02. The number of morpholine rings is 1. The molecule has 2 rings (SSSR count). The summed E-state index contributed by atoms with van der Waals surface area (Å²) in [4.78, 5) is 18.8. The van der Waals surface area contributed by atoms with Crippen molar-refractivity contribution in [3.63, 3.8) is 0 Å². The lowest BCUT2D eigenvalue weighted by atomic mass is 10.1. The van der Waals surface area contributed by atoms with Gasteiger partial charge in [0.2, 0.25) is 0 Å². The Hall–Kier alpha value is -1.39. The fourth-order valence-corrected chi connectivity index (χ4v) is 3.05. The van der Waals surface area contributed by atoms with Gasteiger partial charge in [-0.2, -0.15) is 0 Å². The highest BCUT2D eigenvalue weighted by atomic mass is 127. The lowest BCUT2D eigenvalue weighted by molar-refractivity contribution is -0.0586. The average molecular weight is 504 g/mol. The number of carbonyl (C=O) groups excluding carboxylic acids is 1. The van der Waals surface area contributed by atoms with Gasteiger partial charge >= 0.3 is 0 Å². The van der Waals surface area contributed by atoms with Crippen LogP contribution in [0.4, 0.5) is 0 Å². The summed E-state index contributed by atoms with van der Waals surface area (Å²) in [5, 5.41) is 3.07. The molecule has 2 atom stereocenters. The Morgan fingerprint density at radius 3 is 2.54 bits per heavy atom. The molecular formula is C20H33IN4O3. The lowest BCUT2D eigenvalue weighted by Gasteiger charge is -2.35. The summed E-state index contributed by atoms with van der Waals surface area (Å²) >= 11 is 0. The van der Waals surface area contributed by atoms with Gasteiger partial charge in [0, 0.05) is 38.4 Å². The SMILES string of the molecule is CCOCCCNC(N)=NCc1ccc(C(=O)N2CC(C)OC(C)C2)cc1.I. The van der Waals surface area contributed by atoms with E-state index < -0.39 is 0 Å². The van der Waals surface area contributed by atoms with Crippen LogP contribution < -0.4 is 11.1 Å². The molecule has 158 valence electrons. The van der Waals surface area contributed by atoms with E-state index in [-0.39, 0.29) is 42.1 Å². The standard InChI is InChI=1S/C20H32N4O3.HI/c1-4-26-11-5-10-22-20(21)23-12-17-6-8-18(9-7-17)19(25)24-13-15(2)27-16(3)14-24;/h6-9,15-16H,4-5,10-14H2,1-3H3,(H3,21,22,23);1H. The third-order valence-corrected chi connectivity index (χ3v) is 4.32. The number of nitrogens with zero attached hydrogens (tertiary/aromatic N) is 2. The number of rotatable bonds is 8. The molecule has 0 saturated carbocycles. The molecular weight excluding hydrogens is 471 g/mol. The van der Waals surface area contributed by atoms with Crippen molar-refractivity contribution in [2.75, 3.05) is 32.8 Å². The minimum absolute atomic E-state index is 0. The van der Waals surface area contributed by atoms with Gasteiger partial charge in [-0.1, -0.05) is 12.1 Å². The highest BCUT2D eigenvalue weighted by molar-refractivity contribution is 14.0. The van der Waals surface area contributed by atoms with Gasteiger partial charge in [0.15, 0.2) is 5.96 Å². The molecule has 1 aromatic carbocycles. The molecule has 0 aliphatic carbocycles. The second-order valence-electron chi connectivity index (χ2n) is 6.84. The molecule has 1 fully saturated rings. The van der Waals surface area contributed by atoms with E-state index >= 15 is 0 Å². The zero-order valence-electron chi connectivity index (χ0n) is 17.0. The molecule has 1 heterocycles. The van der Waals surface area contributed by atoms with Crippen LogP contribution in [0.5, 0.6) is 0 Å². The number of hydrogen-bond acceptors (Lipinski definition) is 4. The summed E-state index contributed by atoms with van der Waals surface area (Å²) in [5.74, 6) is 0.463. The van der Waals surface area contributed by atoms with Gasteiger partial charge in [-0.25, -0.2) is 4.99 Å². The van der Waals surface area contributed by atoms with Crippen molar-refractivity contribution in [1.29, 1.82) is 0 Å². The minimum atomic E-state index is 0. The van der Waals surface area contributed by atoms with E-state index in [9.17, 15) is 4.79 Å². The number of aliphatic imine (C=N–C) groups is 1. The molecule has 7 nitrogen and oxygen atoms in total. The maximum absolute atomic E-state index is 12.7. The highest BCUT2D eigenvalue weighted by Gasteiger charge is 2.26. The second-order valence-corrected chi connectivity index (χ2v) is 6.84. The first-order valence-corrected chi connectivity index (χ1v) is 9.64. The maximum Gasteiger partial charge on any atom is 0.254 e. The molecule has 1 aliphatic rings. The van der Waals surface area contributed by atoms with Crippen LogP contribution in [0.3, 0.4) is 0 Å². The lowest BCUT2D eigenvalue weighted by Crippen LogP contribution is -2.48. The smallest absolute Gasteiger partial charge is 0.254 e. The Morgan fingerprint density at radius 2 is 1.93 bits per heavy atom. The zero-order chi connectivity index (χ0) is 19.6. The number of guanidine groups is 1. The van der Waals surface area contributed by atoms with Crippen molar-refractivity contribution >= 4 is 35.8 Å². The number of halogens is 1. The number of nitrogens with one attached hydrogen (secondary N) is 1. The van der Waals surface area contributed by atoms with Gasteiger partial charge in [0.05, 0.1) is 18.8 Å². The first kappa shape index (κ1) is 24.6. The molecule has 0 aromatic heterocycles. The van der Waals surface area contributed by atoms with Crippen LogP contribution in [0, 0.1) is 0 Å². The number of amides is 1. The zero-order valence-corrected chi connectivity index (χ0v) is 19.3. The molecule has 1 aliphatic heterocycles. The van der Waals surface area contributed by atoms with Gasteiger partial charge < -0.3 is 25.4 Å². The average Bonchev–Trinajstić information content (AvgIpc) is 2.65. The van der Waals surface area contributed by atoms with E-state index in [4.69, 9.17) is 15.2 Å². The number of carbonyl (C=O) groups is 1. The van der Waals surface area contributed by atoms with Gasteiger partial charge in [-0.05, 0) is 44.9 Å². The number of hydrogen-bond donors (Lipinski definition) is 2.